The molecule has 0 aliphatic rings. The van der Waals surface area contributed by atoms with Crippen molar-refractivity contribution in [2.24, 2.45) is 0 Å². The second kappa shape index (κ2) is 6.89. The number of methoxy groups -OCH3 is 1. The second-order valence-corrected chi connectivity index (χ2v) is 4.33. The Kier molecular flexibility index (Phi) is 5.82. The summed E-state index contributed by atoms with van der Waals surface area (Å²) < 4.78 is 10.5. The quantitative estimate of drug-likeness (QED) is 0.868. The Morgan fingerprint density at radius 1 is 1.41 bits per heavy atom. The van der Waals surface area contributed by atoms with Gasteiger partial charge >= 0.3 is 0 Å². The van der Waals surface area contributed by atoms with Crippen LogP contribution in [0.15, 0.2) is 6.07 Å². The zero-order valence-electron chi connectivity index (χ0n) is 10.1. The molecule has 1 heterocycles. The van der Waals surface area contributed by atoms with Crippen molar-refractivity contribution in [2.45, 2.75) is 20.0 Å². The van der Waals surface area contributed by atoms with Crippen molar-refractivity contribution >= 4 is 29.0 Å². The summed E-state index contributed by atoms with van der Waals surface area (Å²) in [6, 6.07) is 1.61. The third-order valence-corrected chi connectivity index (χ3v) is 2.51. The standard InChI is InChI=1S/C11H16Cl2N2O2/c1-4-14-10-8(12)5-9(13)11(15-10)17-7(2)6-16-3/h5,7H,4,6H2,1-3H3,(H,14,15). The van der Waals surface area contributed by atoms with E-state index in [1.165, 1.54) is 0 Å². The fraction of sp³-hybridized carbons (Fsp3) is 0.545. The largest absolute Gasteiger partial charge is 0.471 e. The third-order valence-electron chi connectivity index (χ3n) is 1.96. The Hall–Kier alpha value is -0.710. The minimum Gasteiger partial charge on any atom is -0.471 e. The lowest BCUT2D eigenvalue weighted by Gasteiger charge is -2.15. The number of pyridine rings is 1. The molecule has 0 bridgehead atoms. The van der Waals surface area contributed by atoms with Crippen molar-refractivity contribution in [1.82, 2.24) is 4.98 Å². The summed E-state index contributed by atoms with van der Waals surface area (Å²) >= 11 is 12.0. The lowest BCUT2D eigenvalue weighted by molar-refractivity contribution is 0.0891. The maximum Gasteiger partial charge on any atom is 0.235 e. The molecule has 0 radical (unpaired) electrons. The molecule has 6 heteroatoms. The summed E-state index contributed by atoms with van der Waals surface area (Å²) in [5, 5.41) is 3.90. The molecule has 0 spiro atoms. The number of hydrogen-bond donors (Lipinski definition) is 1. The van der Waals surface area contributed by atoms with Gasteiger partial charge in [-0.2, -0.15) is 4.98 Å². The maximum atomic E-state index is 6.01. The van der Waals surface area contributed by atoms with E-state index in [-0.39, 0.29) is 6.10 Å². The van der Waals surface area contributed by atoms with Crippen LogP contribution in [0.25, 0.3) is 0 Å². The fourth-order valence-electron chi connectivity index (χ4n) is 1.28. The van der Waals surface area contributed by atoms with Crippen LogP contribution in [0.3, 0.4) is 0 Å². The summed E-state index contributed by atoms with van der Waals surface area (Å²) in [5.41, 5.74) is 0. The van der Waals surface area contributed by atoms with E-state index in [0.29, 0.717) is 28.3 Å². The molecule has 1 N–H and O–H groups in total. The third kappa shape index (κ3) is 4.22. The molecule has 1 aromatic heterocycles. The molecule has 1 atom stereocenters. The van der Waals surface area contributed by atoms with Gasteiger partial charge in [-0.25, -0.2) is 0 Å². The molecular weight excluding hydrogens is 263 g/mol. The van der Waals surface area contributed by atoms with Gasteiger partial charge in [0.05, 0.1) is 11.6 Å². The topological polar surface area (TPSA) is 43.4 Å². The Morgan fingerprint density at radius 3 is 2.71 bits per heavy atom. The summed E-state index contributed by atoms with van der Waals surface area (Å²) in [6.07, 6.45) is -0.124. The molecule has 0 saturated heterocycles. The Labute approximate surface area is 111 Å². The van der Waals surface area contributed by atoms with E-state index in [9.17, 15) is 0 Å². The highest BCUT2D eigenvalue weighted by Gasteiger charge is 2.12. The highest BCUT2D eigenvalue weighted by molar-refractivity contribution is 6.36. The van der Waals surface area contributed by atoms with Crippen LogP contribution >= 0.6 is 23.2 Å². The first-order valence-corrected chi connectivity index (χ1v) is 6.09. The minimum atomic E-state index is -0.124. The first-order valence-electron chi connectivity index (χ1n) is 5.34. The van der Waals surface area contributed by atoms with Gasteiger partial charge in [0, 0.05) is 13.7 Å². The van der Waals surface area contributed by atoms with Crippen LogP contribution in [0.2, 0.25) is 10.0 Å². The van der Waals surface area contributed by atoms with E-state index in [0.717, 1.165) is 6.54 Å². The second-order valence-electron chi connectivity index (χ2n) is 3.52. The predicted octanol–water partition coefficient (Wildman–Crippen LogP) is 3.23. The zero-order chi connectivity index (χ0) is 12.8. The van der Waals surface area contributed by atoms with Crippen molar-refractivity contribution in [1.29, 1.82) is 0 Å². The van der Waals surface area contributed by atoms with E-state index in [1.807, 2.05) is 13.8 Å². The van der Waals surface area contributed by atoms with Crippen molar-refractivity contribution in [3.05, 3.63) is 16.1 Å². The molecule has 0 aliphatic carbocycles. The average Bonchev–Trinajstić information content (AvgIpc) is 2.25. The van der Waals surface area contributed by atoms with Gasteiger partial charge in [0.15, 0.2) is 0 Å². The highest BCUT2D eigenvalue weighted by atomic mass is 35.5. The molecular formula is C11H16Cl2N2O2. The molecule has 96 valence electrons. The van der Waals surface area contributed by atoms with Gasteiger partial charge < -0.3 is 14.8 Å². The lowest BCUT2D eigenvalue weighted by Crippen LogP contribution is -2.19. The first-order chi connectivity index (χ1) is 8.08. The van der Waals surface area contributed by atoms with Gasteiger partial charge in [-0.05, 0) is 19.9 Å². The Balaban J connectivity index is 2.87. The first kappa shape index (κ1) is 14.4. The van der Waals surface area contributed by atoms with E-state index >= 15 is 0 Å². The van der Waals surface area contributed by atoms with Gasteiger partial charge in [-0.3, -0.25) is 0 Å². The molecule has 0 aromatic carbocycles. The van der Waals surface area contributed by atoms with Crippen LogP contribution in [-0.2, 0) is 4.74 Å². The Bertz CT molecular complexity index is 375. The number of hydrogen-bond acceptors (Lipinski definition) is 4. The van der Waals surface area contributed by atoms with Crippen LogP contribution in [0.1, 0.15) is 13.8 Å². The summed E-state index contributed by atoms with van der Waals surface area (Å²) in [5.74, 6) is 0.926. The molecule has 0 amide bonds. The summed E-state index contributed by atoms with van der Waals surface area (Å²) in [4.78, 5) is 4.23. The van der Waals surface area contributed by atoms with Crippen molar-refractivity contribution in [3.8, 4) is 5.88 Å². The van der Waals surface area contributed by atoms with Crippen molar-refractivity contribution in [2.75, 3.05) is 25.6 Å². The fourth-order valence-corrected chi connectivity index (χ4v) is 1.75. The molecule has 4 nitrogen and oxygen atoms in total. The van der Waals surface area contributed by atoms with E-state index in [4.69, 9.17) is 32.7 Å². The summed E-state index contributed by atoms with van der Waals surface area (Å²) in [7, 11) is 1.61. The number of nitrogens with zero attached hydrogens (tertiary/aromatic N) is 1. The van der Waals surface area contributed by atoms with Gasteiger partial charge in [0.2, 0.25) is 5.88 Å². The maximum absolute atomic E-state index is 6.01. The van der Waals surface area contributed by atoms with E-state index < -0.39 is 0 Å². The number of nitrogens with one attached hydrogen (secondary N) is 1. The molecule has 0 fully saturated rings. The van der Waals surface area contributed by atoms with Gasteiger partial charge in [-0.1, -0.05) is 23.2 Å². The minimum absolute atomic E-state index is 0.124. The number of anilines is 1. The van der Waals surface area contributed by atoms with Crippen LogP contribution in [0.4, 0.5) is 5.82 Å². The van der Waals surface area contributed by atoms with Crippen LogP contribution < -0.4 is 10.1 Å². The lowest BCUT2D eigenvalue weighted by atomic mass is 10.4. The van der Waals surface area contributed by atoms with E-state index in [1.54, 1.807) is 13.2 Å². The number of rotatable bonds is 6. The van der Waals surface area contributed by atoms with Gasteiger partial charge in [0.25, 0.3) is 0 Å². The Morgan fingerprint density at radius 2 is 2.12 bits per heavy atom. The number of aromatic nitrogens is 1. The molecule has 1 unspecified atom stereocenters. The van der Waals surface area contributed by atoms with Crippen LogP contribution in [0, 0.1) is 0 Å². The highest BCUT2D eigenvalue weighted by Crippen LogP contribution is 2.31. The predicted molar refractivity (Wildman–Crippen MR) is 70.4 cm³/mol. The molecule has 0 aliphatic heterocycles. The number of ether oxygens (including phenoxy) is 2. The van der Waals surface area contributed by atoms with Crippen molar-refractivity contribution in [3.63, 3.8) is 0 Å². The smallest absolute Gasteiger partial charge is 0.235 e. The zero-order valence-corrected chi connectivity index (χ0v) is 11.6. The van der Waals surface area contributed by atoms with Gasteiger partial charge in [0.1, 0.15) is 16.9 Å². The molecule has 0 saturated carbocycles. The summed E-state index contributed by atoms with van der Waals surface area (Å²) in [6.45, 7) is 5.03. The number of halogens is 2. The van der Waals surface area contributed by atoms with Gasteiger partial charge in [-0.15, -0.1) is 0 Å². The molecule has 1 rings (SSSR count). The average molecular weight is 279 g/mol. The van der Waals surface area contributed by atoms with Crippen molar-refractivity contribution < 1.29 is 9.47 Å². The molecule has 17 heavy (non-hydrogen) atoms. The van der Waals surface area contributed by atoms with E-state index in [2.05, 4.69) is 10.3 Å². The monoisotopic (exact) mass is 278 g/mol. The molecule has 1 aromatic rings. The SMILES string of the molecule is CCNc1nc(OC(C)COC)c(Cl)cc1Cl. The van der Waals surface area contributed by atoms with Crippen LogP contribution in [0.5, 0.6) is 5.88 Å². The normalized spacial score (nSPS) is 12.3. The van der Waals surface area contributed by atoms with Crippen LogP contribution in [-0.4, -0.2) is 31.3 Å².